The Balaban J connectivity index is 1.78. The monoisotopic (exact) mass is 281 g/mol. The Morgan fingerprint density at radius 2 is 1.81 bits per heavy atom. The van der Waals surface area contributed by atoms with E-state index in [0.29, 0.717) is 12.2 Å². The van der Waals surface area contributed by atoms with Gasteiger partial charge in [-0.2, -0.15) is 5.10 Å². The number of nitrogens with one attached hydrogen (secondary N) is 2. The van der Waals surface area contributed by atoms with Gasteiger partial charge >= 0.3 is 0 Å². The first kappa shape index (κ1) is 13.3. The van der Waals surface area contributed by atoms with Crippen molar-refractivity contribution in [2.45, 2.75) is 13.2 Å². The van der Waals surface area contributed by atoms with Gasteiger partial charge in [-0.15, -0.1) is 0 Å². The van der Waals surface area contributed by atoms with Crippen molar-refractivity contribution in [3.8, 4) is 0 Å². The van der Waals surface area contributed by atoms with Crippen LogP contribution in [-0.2, 0) is 13.2 Å². The van der Waals surface area contributed by atoms with E-state index < -0.39 is 0 Å². The minimum atomic E-state index is -0.236. The van der Waals surface area contributed by atoms with E-state index in [1.165, 1.54) is 0 Å². The highest BCUT2D eigenvalue weighted by atomic mass is 16.3. The van der Waals surface area contributed by atoms with Gasteiger partial charge in [-0.3, -0.25) is 9.89 Å². The number of carbonyl (C=O) groups is 1. The summed E-state index contributed by atoms with van der Waals surface area (Å²) in [5.74, 6) is -0.236. The molecule has 0 bridgehead atoms. The summed E-state index contributed by atoms with van der Waals surface area (Å²) in [5, 5.41) is 19.8. The molecular weight excluding hydrogens is 266 g/mol. The van der Waals surface area contributed by atoms with E-state index in [2.05, 4.69) is 15.5 Å². The number of aliphatic hydroxyl groups excluding tert-OH is 1. The molecule has 3 N–H and O–H groups in total. The van der Waals surface area contributed by atoms with Gasteiger partial charge in [0.05, 0.1) is 12.1 Å². The molecule has 0 fully saturated rings. The van der Waals surface area contributed by atoms with Gasteiger partial charge < -0.3 is 10.4 Å². The summed E-state index contributed by atoms with van der Waals surface area (Å²) in [6.07, 6.45) is 0. The Hall–Kier alpha value is -2.66. The van der Waals surface area contributed by atoms with Crippen molar-refractivity contribution in [1.82, 2.24) is 15.5 Å². The van der Waals surface area contributed by atoms with Gasteiger partial charge in [-0.05, 0) is 17.2 Å². The van der Waals surface area contributed by atoms with Crippen LogP contribution in [-0.4, -0.2) is 21.2 Å². The van der Waals surface area contributed by atoms with Crippen LogP contribution < -0.4 is 5.32 Å². The first-order valence-electron chi connectivity index (χ1n) is 6.68. The second kappa shape index (κ2) is 5.76. The highest BCUT2D eigenvalue weighted by Crippen LogP contribution is 2.15. The molecule has 0 aliphatic rings. The Labute approximate surface area is 121 Å². The van der Waals surface area contributed by atoms with Gasteiger partial charge in [-0.25, -0.2) is 0 Å². The van der Waals surface area contributed by atoms with Crippen LogP contribution in [0, 0.1) is 0 Å². The summed E-state index contributed by atoms with van der Waals surface area (Å²) < 4.78 is 0. The lowest BCUT2D eigenvalue weighted by Crippen LogP contribution is -2.24. The SMILES string of the molecule is O=C(NCc1ccccc1CO)c1n[nH]c2ccccc12. The minimum absolute atomic E-state index is 0.0443. The molecule has 1 aromatic heterocycles. The summed E-state index contributed by atoms with van der Waals surface area (Å²) in [5.41, 5.74) is 2.92. The lowest BCUT2D eigenvalue weighted by atomic mass is 10.1. The number of carbonyl (C=O) groups excluding carboxylic acids is 1. The number of aromatic nitrogens is 2. The molecule has 3 aromatic rings. The molecule has 0 saturated carbocycles. The van der Waals surface area contributed by atoms with Crippen molar-refractivity contribution in [2.75, 3.05) is 0 Å². The summed E-state index contributed by atoms with van der Waals surface area (Å²) in [6, 6.07) is 15.0. The van der Waals surface area contributed by atoms with Gasteiger partial charge in [0, 0.05) is 11.9 Å². The van der Waals surface area contributed by atoms with Crippen molar-refractivity contribution in [3.05, 3.63) is 65.4 Å². The Morgan fingerprint density at radius 3 is 2.62 bits per heavy atom. The lowest BCUT2D eigenvalue weighted by Gasteiger charge is -2.08. The Kier molecular flexibility index (Phi) is 3.66. The first-order chi connectivity index (χ1) is 10.3. The molecule has 0 spiro atoms. The second-order valence-electron chi connectivity index (χ2n) is 4.73. The maximum atomic E-state index is 12.2. The van der Waals surface area contributed by atoms with E-state index >= 15 is 0 Å². The van der Waals surface area contributed by atoms with Crippen LogP contribution in [0.2, 0.25) is 0 Å². The maximum absolute atomic E-state index is 12.2. The predicted octanol–water partition coefficient (Wildman–Crippen LogP) is 1.99. The number of aromatic amines is 1. The van der Waals surface area contributed by atoms with Crippen LogP contribution in [0.15, 0.2) is 48.5 Å². The average molecular weight is 281 g/mol. The topological polar surface area (TPSA) is 78.0 Å². The van der Waals surface area contributed by atoms with E-state index in [0.717, 1.165) is 22.0 Å². The number of amides is 1. The number of benzene rings is 2. The third-order valence-corrected chi connectivity index (χ3v) is 3.41. The number of hydrogen-bond acceptors (Lipinski definition) is 3. The molecule has 0 saturated heterocycles. The van der Waals surface area contributed by atoms with Gasteiger partial charge in [0.2, 0.25) is 0 Å². The smallest absolute Gasteiger partial charge is 0.272 e. The standard InChI is InChI=1S/C16H15N3O2/c20-10-12-6-2-1-5-11(12)9-17-16(21)15-13-7-3-4-8-14(13)18-19-15/h1-8,20H,9-10H2,(H,17,21)(H,18,19). The van der Waals surface area contributed by atoms with Crippen molar-refractivity contribution >= 4 is 16.8 Å². The van der Waals surface area contributed by atoms with Crippen LogP contribution in [0.3, 0.4) is 0 Å². The molecule has 0 aliphatic carbocycles. The predicted molar refractivity (Wildman–Crippen MR) is 79.6 cm³/mol. The fourth-order valence-corrected chi connectivity index (χ4v) is 2.28. The first-order valence-corrected chi connectivity index (χ1v) is 6.68. The van der Waals surface area contributed by atoms with Crippen LogP contribution in [0.1, 0.15) is 21.6 Å². The average Bonchev–Trinajstić information content (AvgIpc) is 2.97. The number of fused-ring (bicyclic) bond motifs is 1. The molecule has 0 radical (unpaired) electrons. The molecule has 5 nitrogen and oxygen atoms in total. The summed E-state index contributed by atoms with van der Waals surface area (Å²) >= 11 is 0. The van der Waals surface area contributed by atoms with E-state index in [4.69, 9.17) is 0 Å². The normalized spacial score (nSPS) is 10.7. The molecule has 1 heterocycles. The molecule has 21 heavy (non-hydrogen) atoms. The number of H-pyrrole nitrogens is 1. The third-order valence-electron chi connectivity index (χ3n) is 3.41. The summed E-state index contributed by atoms with van der Waals surface area (Å²) in [4.78, 5) is 12.2. The fraction of sp³-hybridized carbons (Fsp3) is 0.125. The highest BCUT2D eigenvalue weighted by molar-refractivity contribution is 6.04. The molecule has 0 unspecified atom stereocenters. The largest absolute Gasteiger partial charge is 0.392 e. The van der Waals surface area contributed by atoms with E-state index in [1.807, 2.05) is 48.5 Å². The van der Waals surface area contributed by atoms with Gasteiger partial charge in [0.1, 0.15) is 0 Å². The zero-order valence-corrected chi connectivity index (χ0v) is 11.3. The fourth-order valence-electron chi connectivity index (χ4n) is 2.28. The molecule has 5 heteroatoms. The third kappa shape index (κ3) is 2.64. The summed E-state index contributed by atoms with van der Waals surface area (Å²) in [6.45, 7) is 0.314. The van der Waals surface area contributed by atoms with Crippen molar-refractivity contribution in [2.24, 2.45) is 0 Å². The molecule has 3 rings (SSSR count). The van der Waals surface area contributed by atoms with E-state index in [1.54, 1.807) is 0 Å². The van der Waals surface area contributed by atoms with E-state index in [9.17, 15) is 9.90 Å². The molecule has 1 amide bonds. The zero-order valence-electron chi connectivity index (χ0n) is 11.3. The number of para-hydroxylation sites is 1. The minimum Gasteiger partial charge on any atom is -0.392 e. The van der Waals surface area contributed by atoms with Crippen LogP contribution in [0.4, 0.5) is 0 Å². The second-order valence-corrected chi connectivity index (χ2v) is 4.73. The van der Waals surface area contributed by atoms with Gasteiger partial charge in [0.25, 0.3) is 5.91 Å². The van der Waals surface area contributed by atoms with Crippen LogP contribution in [0.25, 0.3) is 10.9 Å². The quantitative estimate of drug-likeness (QED) is 0.684. The van der Waals surface area contributed by atoms with Crippen molar-refractivity contribution in [1.29, 1.82) is 0 Å². The molecule has 0 atom stereocenters. The molecule has 0 aliphatic heterocycles. The van der Waals surface area contributed by atoms with Gasteiger partial charge in [0.15, 0.2) is 5.69 Å². The zero-order chi connectivity index (χ0) is 14.7. The molecular formula is C16H15N3O2. The highest BCUT2D eigenvalue weighted by Gasteiger charge is 2.13. The Bertz CT molecular complexity index is 780. The number of rotatable bonds is 4. The lowest BCUT2D eigenvalue weighted by molar-refractivity contribution is 0.0947. The molecule has 2 aromatic carbocycles. The maximum Gasteiger partial charge on any atom is 0.272 e. The van der Waals surface area contributed by atoms with Crippen molar-refractivity contribution in [3.63, 3.8) is 0 Å². The number of hydrogen-bond donors (Lipinski definition) is 3. The van der Waals surface area contributed by atoms with E-state index in [-0.39, 0.29) is 12.5 Å². The van der Waals surface area contributed by atoms with Crippen LogP contribution >= 0.6 is 0 Å². The van der Waals surface area contributed by atoms with Crippen LogP contribution in [0.5, 0.6) is 0 Å². The van der Waals surface area contributed by atoms with Crippen molar-refractivity contribution < 1.29 is 9.90 Å². The Morgan fingerprint density at radius 1 is 1.10 bits per heavy atom. The number of aliphatic hydroxyl groups is 1. The molecule has 106 valence electrons. The number of nitrogens with zero attached hydrogens (tertiary/aromatic N) is 1. The van der Waals surface area contributed by atoms with Gasteiger partial charge in [-0.1, -0.05) is 42.5 Å². The summed E-state index contributed by atoms with van der Waals surface area (Å²) in [7, 11) is 0.